The first-order valence-electron chi connectivity index (χ1n) is 7.48. The third-order valence-corrected chi connectivity index (χ3v) is 5.86. The lowest BCUT2D eigenvalue weighted by Crippen LogP contribution is -2.30. The molecule has 0 bridgehead atoms. The van der Waals surface area contributed by atoms with Gasteiger partial charge in [-0.15, -0.1) is 0 Å². The van der Waals surface area contributed by atoms with E-state index in [4.69, 9.17) is 0 Å². The minimum Gasteiger partial charge on any atom is -0.377 e. The number of aromatic nitrogens is 2. The number of hydrogen-bond donors (Lipinski definition) is 1. The number of aryl methyl sites for hydroxylation is 1. The predicted molar refractivity (Wildman–Crippen MR) is 91.1 cm³/mol. The highest BCUT2D eigenvalue weighted by atomic mass is 32.2. The maximum absolute atomic E-state index is 13.0. The Morgan fingerprint density at radius 1 is 1.04 bits per heavy atom. The monoisotopic (exact) mass is 342 g/mol. The van der Waals surface area contributed by atoms with Crippen LogP contribution < -0.4 is 0 Å². The van der Waals surface area contributed by atoms with Crippen molar-refractivity contribution in [2.75, 3.05) is 0 Å². The Labute approximate surface area is 141 Å². The van der Waals surface area contributed by atoms with Crippen molar-refractivity contribution in [1.82, 2.24) is 8.96 Å². The Morgan fingerprint density at radius 2 is 1.75 bits per heavy atom. The van der Waals surface area contributed by atoms with E-state index >= 15 is 0 Å². The second-order valence-corrected chi connectivity index (χ2v) is 7.53. The first-order valence-corrected chi connectivity index (χ1v) is 8.92. The van der Waals surface area contributed by atoms with Gasteiger partial charge in [0.25, 0.3) is 10.0 Å². The summed E-state index contributed by atoms with van der Waals surface area (Å²) in [6.45, 7) is 3.28. The lowest BCUT2D eigenvalue weighted by Gasteiger charge is -2.25. The number of benzene rings is 1. The van der Waals surface area contributed by atoms with Gasteiger partial charge < -0.3 is 5.11 Å². The van der Waals surface area contributed by atoms with E-state index in [1.54, 1.807) is 67.7 Å². The summed E-state index contributed by atoms with van der Waals surface area (Å²) in [4.78, 5) is 4.37. The van der Waals surface area contributed by atoms with Crippen molar-refractivity contribution in [3.05, 3.63) is 83.9 Å². The van der Waals surface area contributed by atoms with E-state index in [0.29, 0.717) is 11.3 Å². The molecular weight excluding hydrogens is 324 g/mol. The number of rotatable bonds is 4. The Kier molecular flexibility index (Phi) is 4.03. The van der Waals surface area contributed by atoms with Gasteiger partial charge in [-0.3, -0.25) is 4.98 Å². The SMILES string of the molecule is Cc1ccccc1S(=O)(=O)n1cccc1C(C)(O)c1ccccn1. The number of aliphatic hydroxyl groups is 1. The minimum atomic E-state index is -3.82. The summed E-state index contributed by atoms with van der Waals surface area (Å²) in [5.74, 6) is 0. The zero-order chi connectivity index (χ0) is 17.4. The zero-order valence-corrected chi connectivity index (χ0v) is 14.2. The van der Waals surface area contributed by atoms with Gasteiger partial charge in [-0.2, -0.15) is 0 Å². The van der Waals surface area contributed by atoms with Crippen LogP contribution in [0, 0.1) is 6.92 Å². The van der Waals surface area contributed by atoms with Crippen LogP contribution in [0.25, 0.3) is 0 Å². The molecular formula is C18H18N2O3S. The standard InChI is InChI=1S/C18H18N2O3S/c1-14-8-3-4-9-15(14)24(22,23)20-13-7-11-17(20)18(2,21)16-10-5-6-12-19-16/h3-13,21H,1-2H3. The average Bonchev–Trinajstić information content (AvgIpc) is 3.07. The summed E-state index contributed by atoms with van der Waals surface area (Å²) in [7, 11) is -3.82. The second kappa shape index (κ2) is 5.89. The molecule has 0 saturated carbocycles. The molecule has 3 rings (SSSR count). The quantitative estimate of drug-likeness (QED) is 0.791. The Hall–Kier alpha value is -2.44. The normalized spacial score (nSPS) is 14.3. The van der Waals surface area contributed by atoms with Gasteiger partial charge in [0.1, 0.15) is 5.60 Å². The molecule has 0 aliphatic heterocycles. The van der Waals surface area contributed by atoms with Gasteiger partial charge in [-0.1, -0.05) is 24.3 Å². The van der Waals surface area contributed by atoms with Gasteiger partial charge >= 0.3 is 0 Å². The van der Waals surface area contributed by atoms with Crippen molar-refractivity contribution in [2.45, 2.75) is 24.3 Å². The van der Waals surface area contributed by atoms with Gasteiger partial charge in [-0.25, -0.2) is 12.4 Å². The van der Waals surface area contributed by atoms with Crippen molar-refractivity contribution < 1.29 is 13.5 Å². The fourth-order valence-corrected chi connectivity index (χ4v) is 4.35. The highest BCUT2D eigenvalue weighted by Gasteiger charge is 2.34. The van der Waals surface area contributed by atoms with E-state index in [0.717, 1.165) is 3.97 Å². The molecule has 0 aliphatic carbocycles. The van der Waals surface area contributed by atoms with Crippen molar-refractivity contribution in [3.8, 4) is 0 Å². The molecule has 1 unspecified atom stereocenters. The van der Waals surface area contributed by atoms with Crippen LogP contribution in [0.2, 0.25) is 0 Å². The fourth-order valence-electron chi connectivity index (χ4n) is 2.69. The highest BCUT2D eigenvalue weighted by molar-refractivity contribution is 7.90. The van der Waals surface area contributed by atoms with E-state index in [1.165, 1.54) is 13.1 Å². The van der Waals surface area contributed by atoms with Crippen LogP contribution >= 0.6 is 0 Å². The highest BCUT2D eigenvalue weighted by Crippen LogP contribution is 2.30. The van der Waals surface area contributed by atoms with Gasteiger partial charge in [0.05, 0.1) is 16.3 Å². The summed E-state index contributed by atoms with van der Waals surface area (Å²) < 4.78 is 27.2. The molecule has 6 heteroatoms. The number of nitrogens with zero attached hydrogens (tertiary/aromatic N) is 2. The zero-order valence-electron chi connectivity index (χ0n) is 13.4. The summed E-state index contributed by atoms with van der Waals surface area (Å²) in [6.07, 6.45) is 3.00. The lowest BCUT2D eigenvalue weighted by atomic mass is 9.98. The Morgan fingerprint density at radius 3 is 2.42 bits per heavy atom. The molecule has 124 valence electrons. The summed E-state index contributed by atoms with van der Waals surface area (Å²) in [5, 5.41) is 11.0. The van der Waals surface area contributed by atoms with Crippen LogP contribution in [0.15, 0.2) is 71.9 Å². The van der Waals surface area contributed by atoms with Gasteiger partial charge in [0, 0.05) is 12.4 Å². The third-order valence-electron chi connectivity index (χ3n) is 4.01. The summed E-state index contributed by atoms with van der Waals surface area (Å²) in [6, 6.07) is 15.1. The molecule has 0 amide bonds. The molecule has 3 aromatic rings. The topological polar surface area (TPSA) is 72.2 Å². The maximum Gasteiger partial charge on any atom is 0.268 e. The molecule has 0 spiro atoms. The van der Waals surface area contributed by atoms with E-state index in [-0.39, 0.29) is 10.6 Å². The van der Waals surface area contributed by atoms with E-state index in [2.05, 4.69) is 4.98 Å². The third kappa shape index (κ3) is 2.64. The summed E-state index contributed by atoms with van der Waals surface area (Å²) >= 11 is 0. The molecule has 0 fully saturated rings. The largest absolute Gasteiger partial charge is 0.377 e. The maximum atomic E-state index is 13.0. The minimum absolute atomic E-state index is 0.208. The summed E-state index contributed by atoms with van der Waals surface area (Å²) in [5.41, 5.74) is -0.274. The molecule has 0 aliphatic rings. The van der Waals surface area contributed by atoms with Crippen molar-refractivity contribution >= 4 is 10.0 Å². The number of hydrogen-bond acceptors (Lipinski definition) is 4. The van der Waals surface area contributed by atoms with Crippen molar-refractivity contribution in [3.63, 3.8) is 0 Å². The number of pyridine rings is 1. The van der Waals surface area contributed by atoms with E-state index < -0.39 is 15.6 Å². The molecule has 24 heavy (non-hydrogen) atoms. The smallest absolute Gasteiger partial charge is 0.268 e. The molecule has 1 aromatic carbocycles. The van der Waals surface area contributed by atoms with Gasteiger partial charge in [0.2, 0.25) is 0 Å². The molecule has 0 radical (unpaired) electrons. The van der Waals surface area contributed by atoms with Crippen LogP contribution in [0.1, 0.15) is 23.9 Å². The lowest BCUT2D eigenvalue weighted by molar-refractivity contribution is 0.0918. The van der Waals surface area contributed by atoms with Crippen molar-refractivity contribution in [2.24, 2.45) is 0 Å². The molecule has 2 heterocycles. The Balaban J connectivity index is 2.17. The molecule has 0 saturated heterocycles. The second-order valence-electron chi connectivity index (χ2n) is 5.75. The first-order chi connectivity index (χ1) is 11.3. The fraction of sp³-hybridized carbons (Fsp3) is 0.167. The van der Waals surface area contributed by atoms with E-state index in [9.17, 15) is 13.5 Å². The van der Waals surface area contributed by atoms with Crippen LogP contribution in [0.5, 0.6) is 0 Å². The van der Waals surface area contributed by atoms with E-state index in [1.807, 2.05) is 0 Å². The Bertz CT molecular complexity index is 961. The predicted octanol–water partition coefficient (Wildman–Crippen LogP) is 2.68. The van der Waals surface area contributed by atoms with Crippen LogP contribution in [0.4, 0.5) is 0 Å². The molecule has 1 N–H and O–H groups in total. The van der Waals surface area contributed by atoms with Crippen LogP contribution in [-0.2, 0) is 15.6 Å². The molecule has 5 nitrogen and oxygen atoms in total. The van der Waals surface area contributed by atoms with Gasteiger partial charge in [-0.05, 0) is 49.7 Å². The molecule has 2 aromatic heterocycles. The van der Waals surface area contributed by atoms with Crippen LogP contribution in [0.3, 0.4) is 0 Å². The first kappa shape index (κ1) is 16.4. The molecule has 1 atom stereocenters. The average molecular weight is 342 g/mol. The van der Waals surface area contributed by atoms with Gasteiger partial charge in [0.15, 0.2) is 0 Å². The van der Waals surface area contributed by atoms with Crippen LogP contribution in [-0.4, -0.2) is 22.5 Å². The van der Waals surface area contributed by atoms with Crippen molar-refractivity contribution in [1.29, 1.82) is 0 Å².